The summed E-state index contributed by atoms with van der Waals surface area (Å²) in [6.07, 6.45) is -0.357. The Bertz CT molecular complexity index is 451. The summed E-state index contributed by atoms with van der Waals surface area (Å²) in [5.74, 6) is -2.43. The molecule has 0 aromatic heterocycles. The first-order chi connectivity index (χ1) is 8.24. The number of amides is 2. The van der Waals surface area contributed by atoms with Crippen molar-refractivity contribution in [2.45, 2.75) is 38.4 Å². The van der Waals surface area contributed by atoms with Gasteiger partial charge >= 0.3 is 5.97 Å². The van der Waals surface area contributed by atoms with Gasteiger partial charge in [0, 0.05) is 12.8 Å². The van der Waals surface area contributed by atoms with Gasteiger partial charge in [-0.2, -0.15) is 0 Å². The minimum atomic E-state index is -3.34. The zero-order valence-electron chi connectivity index (χ0n) is 10.2. The van der Waals surface area contributed by atoms with Crippen molar-refractivity contribution in [3.8, 4) is 0 Å². The third kappa shape index (κ3) is 3.52. The number of carbonyl (C=O) groups is 3. The van der Waals surface area contributed by atoms with Crippen LogP contribution in [0.25, 0.3) is 0 Å². The van der Waals surface area contributed by atoms with E-state index in [9.17, 15) is 22.8 Å². The van der Waals surface area contributed by atoms with Gasteiger partial charge in [0.15, 0.2) is 9.84 Å². The van der Waals surface area contributed by atoms with Crippen LogP contribution in [-0.2, 0) is 29.1 Å². The van der Waals surface area contributed by atoms with Crippen molar-refractivity contribution in [2.75, 3.05) is 5.75 Å². The van der Waals surface area contributed by atoms with E-state index in [1.54, 1.807) is 0 Å². The van der Waals surface area contributed by atoms with Crippen LogP contribution in [0.2, 0.25) is 0 Å². The van der Waals surface area contributed by atoms with Gasteiger partial charge in [-0.1, -0.05) is 0 Å². The molecule has 102 valence electrons. The average Bonchev–Trinajstić information content (AvgIpc) is 2.58. The molecule has 2 amide bonds. The largest absolute Gasteiger partial charge is 0.334 e. The monoisotopic (exact) mass is 277 g/mol. The van der Waals surface area contributed by atoms with Crippen LogP contribution in [0.4, 0.5) is 0 Å². The maximum Gasteiger partial charge on any atom is 0.334 e. The summed E-state index contributed by atoms with van der Waals surface area (Å²) in [5.41, 5.74) is 0. The molecule has 8 heteroatoms. The zero-order valence-corrected chi connectivity index (χ0v) is 11.0. The number of imide groups is 1. The highest BCUT2D eigenvalue weighted by Gasteiger charge is 2.33. The molecule has 1 aliphatic heterocycles. The maximum atomic E-state index is 11.4. The van der Waals surface area contributed by atoms with Crippen LogP contribution < -0.4 is 0 Å². The van der Waals surface area contributed by atoms with Crippen molar-refractivity contribution >= 4 is 27.6 Å². The lowest BCUT2D eigenvalue weighted by atomic mass is 10.4. The molecule has 1 aliphatic rings. The molecule has 0 aromatic carbocycles. The van der Waals surface area contributed by atoms with Gasteiger partial charge in [0.2, 0.25) is 0 Å². The van der Waals surface area contributed by atoms with Crippen molar-refractivity contribution in [3.63, 3.8) is 0 Å². The predicted molar refractivity (Wildman–Crippen MR) is 60.7 cm³/mol. The summed E-state index contributed by atoms with van der Waals surface area (Å²) in [4.78, 5) is 38.1. The molecule has 1 saturated heterocycles. The standard InChI is InChI=1S/C10H15NO6S/c1-7(2)18(15,16)6-5-10(14)17-11-8(12)3-4-9(11)13/h7H,3-6H2,1-2H3. The first kappa shape index (κ1) is 14.6. The minimum Gasteiger partial charge on any atom is -0.330 e. The van der Waals surface area contributed by atoms with E-state index < -0.39 is 32.9 Å². The van der Waals surface area contributed by atoms with Crippen LogP contribution in [0, 0.1) is 0 Å². The highest BCUT2D eigenvalue weighted by Crippen LogP contribution is 2.13. The first-order valence-corrected chi connectivity index (χ1v) is 7.23. The van der Waals surface area contributed by atoms with Crippen molar-refractivity contribution < 1.29 is 27.6 Å². The fourth-order valence-electron chi connectivity index (χ4n) is 1.27. The topological polar surface area (TPSA) is 97.8 Å². The van der Waals surface area contributed by atoms with Crippen molar-refractivity contribution in [1.82, 2.24) is 5.06 Å². The number of hydrogen-bond acceptors (Lipinski definition) is 6. The van der Waals surface area contributed by atoms with E-state index in [0.29, 0.717) is 5.06 Å². The van der Waals surface area contributed by atoms with Gasteiger partial charge < -0.3 is 4.84 Å². The molecule has 1 heterocycles. The first-order valence-electron chi connectivity index (χ1n) is 5.52. The second-order valence-electron chi connectivity index (χ2n) is 4.21. The van der Waals surface area contributed by atoms with Crippen molar-refractivity contribution in [2.24, 2.45) is 0 Å². The Morgan fingerprint density at radius 2 is 1.78 bits per heavy atom. The number of hydroxylamine groups is 2. The Kier molecular flexibility index (Phi) is 4.44. The summed E-state index contributed by atoms with van der Waals surface area (Å²) in [6.45, 7) is 3.02. The highest BCUT2D eigenvalue weighted by atomic mass is 32.2. The Balaban J connectivity index is 2.48. The Labute approximate surface area is 105 Å². The van der Waals surface area contributed by atoms with Crippen LogP contribution >= 0.6 is 0 Å². The zero-order chi connectivity index (χ0) is 13.9. The Morgan fingerprint density at radius 3 is 2.22 bits per heavy atom. The summed E-state index contributed by atoms with van der Waals surface area (Å²) < 4.78 is 22.9. The van der Waals surface area contributed by atoms with Gasteiger partial charge in [-0.05, 0) is 13.8 Å². The molecule has 0 unspecified atom stereocenters. The van der Waals surface area contributed by atoms with Crippen LogP contribution in [0.1, 0.15) is 33.1 Å². The number of sulfone groups is 1. The van der Waals surface area contributed by atoms with E-state index in [2.05, 4.69) is 4.84 Å². The van der Waals surface area contributed by atoms with Crippen LogP contribution in [0.3, 0.4) is 0 Å². The van der Waals surface area contributed by atoms with E-state index in [4.69, 9.17) is 0 Å². The van der Waals surface area contributed by atoms with Crippen LogP contribution in [-0.4, -0.2) is 42.3 Å². The van der Waals surface area contributed by atoms with E-state index in [0.717, 1.165) is 0 Å². The second-order valence-corrected chi connectivity index (χ2v) is 6.89. The second kappa shape index (κ2) is 5.47. The summed E-state index contributed by atoms with van der Waals surface area (Å²) >= 11 is 0. The Hall–Kier alpha value is -1.44. The fraction of sp³-hybridized carbons (Fsp3) is 0.700. The van der Waals surface area contributed by atoms with Gasteiger partial charge in [0.25, 0.3) is 11.8 Å². The van der Waals surface area contributed by atoms with Gasteiger partial charge in [-0.3, -0.25) is 9.59 Å². The smallest absolute Gasteiger partial charge is 0.330 e. The molecular formula is C10H15NO6S. The summed E-state index contributed by atoms with van der Waals surface area (Å²) in [5, 5.41) is -0.176. The molecule has 1 rings (SSSR count). The number of rotatable bonds is 5. The highest BCUT2D eigenvalue weighted by molar-refractivity contribution is 7.91. The maximum absolute atomic E-state index is 11.4. The SMILES string of the molecule is CC(C)S(=O)(=O)CCC(=O)ON1C(=O)CCC1=O. The van der Waals surface area contributed by atoms with Gasteiger partial charge in [0.05, 0.1) is 17.4 Å². The van der Waals surface area contributed by atoms with Gasteiger partial charge in [0.1, 0.15) is 0 Å². The molecule has 0 aromatic rings. The quantitative estimate of drug-likeness (QED) is 0.646. The lowest BCUT2D eigenvalue weighted by Gasteiger charge is -2.13. The molecule has 0 spiro atoms. The molecular weight excluding hydrogens is 262 g/mol. The predicted octanol–water partition coefficient (Wildman–Crippen LogP) is -0.193. The summed E-state index contributed by atoms with van der Waals surface area (Å²) in [7, 11) is -3.34. The van der Waals surface area contributed by atoms with E-state index in [1.807, 2.05) is 0 Å². The molecule has 0 atom stereocenters. The Morgan fingerprint density at radius 1 is 1.28 bits per heavy atom. The molecule has 0 aliphatic carbocycles. The van der Waals surface area contributed by atoms with Crippen molar-refractivity contribution in [1.29, 1.82) is 0 Å². The molecule has 0 N–H and O–H groups in total. The van der Waals surface area contributed by atoms with Crippen molar-refractivity contribution in [3.05, 3.63) is 0 Å². The van der Waals surface area contributed by atoms with Crippen LogP contribution in [0.15, 0.2) is 0 Å². The third-order valence-corrected chi connectivity index (χ3v) is 4.72. The minimum absolute atomic E-state index is 0.0103. The third-order valence-electron chi connectivity index (χ3n) is 2.51. The lowest BCUT2D eigenvalue weighted by molar-refractivity contribution is -0.197. The fourth-order valence-corrected chi connectivity index (χ4v) is 2.19. The average molecular weight is 277 g/mol. The lowest BCUT2D eigenvalue weighted by Crippen LogP contribution is -2.33. The van der Waals surface area contributed by atoms with E-state index in [-0.39, 0.29) is 25.0 Å². The molecule has 0 radical (unpaired) electrons. The molecule has 1 fully saturated rings. The molecule has 7 nitrogen and oxygen atoms in total. The molecule has 18 heavy (non-hydrogen) atoms. The number of hydrogen-bond donors (Lipinski definition) is 0. The van der Waals surface area contributed by atoms with Crippen LogP contribution in [0.5, 0.6) is 0 Å². The van der Waals surface area contributed by atoms with Gasteiger partial charge in [-0.15, -0.1) is 5.06 Å². The molecule has 0 saturated carbocycles. The normalized spacial score (nSPS) is 16.5. The number of nitrogens with zero attached hydrogens (tertiary/aromatic N) is 1. The summed E-state index contributed by atoms with van der Waals surface area (Å²) in [6, 6.07) is 0. The molecule has 0 bridgehead atoms. The van der Waals surface area contributed by atoms with E-state index >= 15 is 0 Å². The van der Waals surface area contributed by atoms with Gasteiger partial charge in [-0.25, -0.2) is 13.2 Å². The number of carbonyl (C=O) groups excluding carboxylic acids is 3. The van der Waals surface area contributed by atoms with E-state index in [1.165, 1.54) is 13.8 Å².